The molecule has 0 radical (unpaired) electrons. The van der Waals surface area contributed by atoms with Crippen molar-refractivity contribution in [2.24, 2.45) is 0 Å². The second-order valence-corrected chi connectivity index (χ2v) is 2.09. The molecule has 1 fully saturated rings. The van der Waals surface area contributed by atoms with Gasteiger partial charge in [-0.15, -0.1) is 0 Å². The summed E-state index contributed by atoms with van der Waals surface area (Å²) >= 11 is 4.19. The smallest absolute Gasteiger partial charge is 0.401 e. The number of carboxylic acid groups (broad SMARTS) is 1. The summed E-state index contributed by atoms with van der Waals surface area (Å²) in [5, 5.41) is 15.8. The van der Waals surface area contributed by atoms with Crippen LogP contribution in [-0.2, 0) is 4.74 Å². The van der Waals surface area contributed by atoms with Crippen molar-refractivity contribution >= 4 is 17.0 Å². The lowest BCUT2D eigenvalue weighted by Crippen LogP contribution is -2.02. The first kappa shape index (κ1) is 9.68. The van der Waals surface area contributed by atoms with Gasteiger partial charge in [0.1, 0.15) is 0 Å². The Balaban J connectivity index is 0.000000180. The molecule has 0 aromatic carbocycles. The Bertz CT molecular complexity index is 95.8. The van der Waals surface area contributed by atoms with Gasteiger partial charge < -0.3 is 14.9 Å². The summed E-state index contributed by atoms with van der Waals surface area (Å²) in [6.07, 6.45) is 0.644. The normalized spacial score (nSPS) is 23.2. The first-order valence-corrected chi connectivity index (χ1v) is 3.15. The van der Waals surface area contributed by atoms with Crippen LogP contribution in [0.2, 0.25) is 0 Å². The largest absolute Gasteiger partial charge is 0.469 e. The Hall–Kier alpha value is -0.320. The Morgan fingerprint density at radius 1 is 1.70 bits per heavy atom. The Morgan fingerprint density at radius 3 is 2.30 bits per heavy atom. The van der Waals surface area contributed by atoms with Crippen LogP contribution in [0.1, 0.15) is 6.42 Å². The molecule has 0 spiro atoms. The van der Waals surface area contributed by atoms with Gasteiger partial charge in [-0.25, -0.2) is 4.79 Å². The standard InChI is InChI=1S/C4H8O2.CHClO2/c5-4-1-2-6-3-4;2-1(3)4/h4-5H,1-3H2;(H,3,4). The maximum Gasteiger partial charge on any atom is 0.401 e. The van der Waals surface area contributed by atoms with E-state index in [2.05, 4.69) is 11.6 Å². The van der Waals surface area contributed by atoms with Crippen LogP contribution in [0.15, 0.2) is 0 Å². The molecule has 2 N–H and O–H groups in total. The van der Waals surface area contributed by atoms with E-state index in [0.29, 0.717) is 6.61 Å². The number of hydrogen-bond donors (Lipinski definition) is 2. The van der Waals surface area contributed by atoms with Crippen LogP contribution in [0.3, 0.4) is 0 Å². The summed E-state index contributed by atoms with van der Waals surface area (Å²) in [6.45, 7) is 1.28. The lowest BCUT2D eigenvalue weighted by Gasteiger charge is -1.89. The van der Waals surface area contributed by atoms with E-state index in [0.717, 1.165) is 13.0 Å². The minimum Gasteiger partial charge on any atom is -0.469 e. The van der Waals surface area contributed by atoms with Crippen LogP contribution in [0.5, 0.6) is 0 Å². The monoisotopic (exact) mass is 168 g/mol. The molecule has 0 bridgehead atoms. The Kier molecular flexibility index (Phi) is 5.29. The van der Waals surface area contributed by atoms with Gasteiger partial charge in [0.25, 0.3) is 0 Å². The summed E-state index contributed by atoms with van der Waals surface area (Å²) in [7, 11) is 0. The van der Waals surface area contributed by atoms with Crippen molar-refractivity contribution in [3.05, 3.63) is 0 Å². The predicted molar refractivity (Wildman–Crippen MR) is 35.3 cm³/mol. The third kappa shape index (κ3) is 7.68. The van der Waals surface area contributed by atoms with E-state index in [-0.39, 0.29) is 6.10 Å². The van der Waals surface area contributed by atoms with Crippen molar-refractivity contribution in [1.29, 1.82) is 0 Å². The highest BCUT2D eigenvalue weighted by atomic mass is 35.5. The quantitative estimate of drug-likeness (QED) is 0.522. The van der Waals surface area contributed by atoms with Gasteiger partial charge in [0.2, 0.25) is 0 Å². The molecule has 4 nitrogen and oxygen atoms in total. The van der Waals surface area contributed by atoms with Crippen LogP contribution < -0.4 is 0 Å². The van der Waals surface area contributed by atoms with E-state index in [4.69, 9.17) is 19.7 Å². The SMILES string of the molecule is O=C(O)Cl.OC1CCOC1. The van der Waals surface area contributed by atoms with Gasteiger partial charge in [-0.2, -0.15) is 0 Å². The van der Waals surface area contributed by atoms with E-state index in [1.807, 2.05) is 0 Å². The maximum absolute atomic E-state index is 8.77. The Labute approximate surface area is 63.4 Å². The number of aliphatic hydroxyl groups is 1. The van der Waals surface area contributed by atoms with E-state index >= 15 is 0 Å². The summed E-state index contributed by atoms with van der Waals surface area (Å²) in [5.74, 6) is 0. The lowest BCUT2D eigenvalue weighted by molar-refractivity contribution is 0.127. The molecule has 5 heteroatoms. The molecule has 1 atom stereocenters. The van der Waals surface area contributed by atoms with Gasteiger partial charge in [0.15, 0.2) is 0 Å². The lowest BCUT2D eigenvalue weighted by atomic mass is 10.3. The number of hydrogen-bond acceptors (Lipinski definition) is 3. The molecule has 10 heavy (non-hydrogen) atoms. The highest BCUT2D eigenvalue weighted by Gasteiger charge is 2.09. The van der Waals surface area contributed by atoms with Gasteiger partial charge >= 0.3 is 5.43 Å². The molecule has 1 aliphatic heterocycles. The fourth-order valence-corrected chi connectivity index (χ4v) is 0.522. The molecule has 0 aliphatic carbocycles. The van der Waals surface area contributed by atoms with Crippen molar-refractivity contribution in [3.8, 4) is 0 Å². The molecule has 0 aromatic rings. The fraction of sp³-hybridized carbons (Fsp3) is 0.800. The number of aliphatic hydroxyl groups excluding tert-OH is 1. The number of halogens is 1. The van der Waals surface area contributed by atoms with Crippen LogP contribution in [0.4, 0.5) is 4.79 Å². The molecule has 60 valence electrons. The average Bonchev–Trinajstić information content (AvgIpc) is 2.15. The molecule has 1 rings (SSSR count). The van der Waals surface area contributed by atoms with Crippen molar-refractivity contribution in [1.82, 2.24) is 0 Å². The van der Waals surface area contributed by atoms with Gasteiger partial charge in [0.05, 0.1) is 12.7 Å². The van der Waals surface area contributed by atoms with Crippen molar-refractivity contribution in [2.45, 2.75) is 12.5 Å². The van der Waals surface area contributed by atoms with Gasteiger partial charge in [-0.1, -0.05) is 0 Å². The van der Waals surface area contributed by atoms with E-state index in [1.165, 1.54) is 0 Å². The van der Waals surface area contributed by atoms with Gasteiger partial charge in [-0.3, -0.25) is 0 Å². The fourth-order valence-electron chi connectivity index (χ4n) is 0.522. The molecule has 1 aliphatic rings. The van der Waals surface area contributed by atoms with Crippen LogP contribution in [-0.4, -0.2) is 35.0 Å². The molecular weight excluding hydrogens is 160 g/mol. The van der Waals surface area contributed by atoms with E-state index in [1.54, 1.807) is 0 Å². The number of ether oxygens (including phenoxy) is 1. The number of carbonyl (C=O) groups is 1. The molecule has 0 amide bonds. The van der Waals surface area contributed by atoms with Crippen molar-refractivity contribution < 1.29 is 19.7 Å². The minimum absolute atomic E-state index is 0.176. The molecule has 0 aromatic heterocycles. The zero-order valence-electron chi connectivity index (χ0n) is 5.29. The molecular formula is C5H9ClO4. The Morgan fingerprint density at radius 2 is 2.20 bits per heavy atom. The van der Waals surface area contributed by atoms with Gasteiger partial charge in [0, 0.05) is 18.2 Å². The third-order valence-corrected chi connectivity index (χ3v) is 0.906. The zero-order chi connectivity index (χ0) is 7.98. The minimum atomic E-state index is -1.36. The first-order chi connectivity index (χ1) is 4.63. The van der Waals surface area contributed by atoms with Crippen LogP contribution in [0.25, 0.3) is 0 Å². The zero-order valence-corrected chi connectivity index (χ0v) is 6.04. The van der Waals surface area contributed by atoms with Crippen LogP contribution in [0, 0.1) is 0 Å². The summed E-state index contributed by atoms with van der Waals surface area (Å²) in [6, 6.07) is 0. The third-order valence-electron chi connectivity index (χ3n) is 0.906. The van der Waals surface area contributed by atoms with Crippen molar-refractivity contribution in [2.75, 3.05) is 13.2 Å². The highest BCUT2D eigenvalue weighted by molar-refractivity contribution is 6.60. The van der Waals surface area contributed by atoms with E-state index < -0.39 is 5.43 Å². The maximum atomic E-state index is 8.77. The first-order valence-electron chi connectivity index (χ1n) is 2.77. The second kappa shape index (κ2) is 5.46. The van der Waals surface area contributed by atoms with Gasteiger partial charge in [-0.05, 0) is 6.42 Å². The summed E-state index contributed by atoms with van der Waals surface area (Å²) < 4.78 is 4.81. The topological polar surface area (TPSA) is 66.8 Å². The second-order valence-electron chi connectivity index (χ2n) is 1.77. The highest BCUT2D eigenvalue weighted by Crippen LogP contribution is 2.00. The summed E-state index contributed by atoms with van der Waals surface area (Å²) in [4.78, 5) is 8.77. The predicted octanol–water partition coefficient (Wildman–Crippen LogP) is 0.671. The molecule has 0 saturated carbocycles. The average molecular weight is 169 g/mol. The van der Waals surface area contributed by atoms with Crippen molar-refractivity contribution in [3.63, 3.8) is 0 Å². The summed E-state index contributed by atoms with van der Waals surface area (Å²) in [5.41, 5.74) is -1.36. The molecule has 1 unspecified atom stereocenters. The molecule has 1 saturated heterocycles. The number of rotatable bonds is 0. The van der Waals surface area contributed by atoms with E-state index in [9.17, 15) is 0 Å². The van der Waals surface area contributed by atoms with Crippen LogP contribution >= 0.6 is 11.6 Å². The molecule has 1 heterocycles.